The molecule has 0 aliphatic rings. The molecule has 0 fully saturated rings. The number of hydrogen-bond donors (Lipinski definition) is 1. The monoisotopic (exact) mass is 210 g/mol. The molecular formula is C12H10N4. The molecule has 4 nitrogen and oxygen atoms in total. The number of fused-ring (bicyclic) bond motifs is 1. The van der Waals surface area contributed by atoms with Gasteiger partial charge in [-0.05, 0) is 36.4 Å². The van der Waals surface area contributed by atoms with Gasteiger partial charge in [0, 0.05) is 11.9 Å². The summed E-state index contributed by atoms with van der Waals surface area (Å²) >= 11 is 0. The average molecular weight is 210 g/mol. The predicted octanol–water partition coefficient (Wildman–Crippen LogP) is 2.00. The molecule has 0 saturated carbocycles. The van der Waals surface area contributed by atoms with E-state index in [2.05, 4.69) is 10.1 Å². The lowest BCUT2D eigenvalue weighted by Gasteiger charge is -2.03. The third kappa shape index (κ3) is 1.32. The summed E-state index contributed by atoms with van der Waals surface area (Å²) < 4.78 is 1.85. The van der Waals surface area contributed by atoms with E-state index in [1.54, 1.807) is 12.4 Å². The minimum absolute atomic E-state index is 0.748. The molecule has 2 heterocycles. The van der Waals surface area contributed by atoms with E-state index in [1.165, 1.54) is 0 Å². The summed E-state index contributed by atoms with van der Waals surface area (Å²) in [5.74, 6) is 0. The second-order valence-corrected chi connectivity index (χ2v) is 3.56. The van der Waals surface area contributed by atoms with Gasteiger partial charge in [0.1, 0.15) is 5.52 Å². The summed E-state index contributed by atoms with van der Waals surface area (Å²) in [4.78, 5) is 4.24. The molecule has 0 atom stereocenters. The highest BCUT2D eigenvalue weighted by molar-refractivity contribution is 5.75. The Morgan fingerprint density at radius 1 is 1.06 bits per heavy atom. The summed E-state index contributed by atoms with van der Waals surface area (Å²) in [5, 5.41) is 4.31. The first-order valence-corrected chi connectivity index (χ1v) is 4.99. The number of aromatic nitrogens is 3. The fraction of sp³-hybridized carbons (Fsp3) is 0. The number of benzene rings is 1. The highest BCUT2D eigenvalue weighted by atomic mass is 15.3. The molecule has 16 heavy (non-hydrogen) atoms. The van der Waals surface area contributed by atoms with Crippen molar-refractivity contribution in [1.82, 2.24) is 14.8 Å². The Hall–Kier alpha value is -2.36. The molecule has 78 valence electrons. The van der Waals surface area contributed by atoms with Gasteiger partial charge in [-0.2, -0.15) is 5.10 Å². The fourth-order valence-corrected chi connectivity index (χ4v) is 1.68. The predicted molar refractivity (Wildman–Crippen MR) is 63.3 cm³/mol. The van der Waals surface area contributed by atoms with Gasteiger partial charge in [0.15, 0.2) is 0 Å². The van der Waals surface area contributed by atoms with Gasteiger partial charge < -0.3 is 5.73 Å². The lowest BCUT2D eigenvalue weighted by atomic mass is 10.3. The molecule has 0 radical (unpaired) electrons. The van der Waals surface area contributed by atoms with Gasteiger partial charge in [0.05, 0.1) is 17.4 Å². The van der Waals surface area contributed by atoms with Crippen LogP contribution in [0, 0.1) is 0 Å². The molecule has 0 saturated heterocycles. The topological polar surface area (TPSA) is 56.7 Å². The van der Waals surface area contributed by atoms with E-state index in [0.717, 1.165) is 22.4 Å². The van der Waals surface area contributed by atoms with Crippen LogP contribution in [0.25, 0.3) is 16.7 Å². The first-order valence-electron chi connectivity index (χ1n) is 4.99. The van der Waals surface area contributed by atoms with Gasteiger partial charge in [0.25, 0.3) is 0 Å². The molecule has 0 amide bonds. The van der Waals surface area contributed by atoms with Crippen LogP contribution in [0.1, 0.15) is 0 Å². The quantitative estimate of drug-likeness (QED) is 0.625. The summed E-state index contributed by atoms with van der Waals surface area (Å²) in [6, 6.07) is 11.5. The smallest absolute Gasteiger partial charge is 0.109 e. The van der Waals surface area contributed by atoms with E-state index in [4.69, 9.17) is 5.73 Å². The molecule has 0 aliphatic heterocycles. The van der Waals surface area contributed by atoms with Crippen molar-refractivity contribution in [3.8, 4) is 5.69 Å². The Labute approximate surface area is 92.3 Å². The summed E-state index contributed by atoms with van der Waals surface area (Å²) in [7, 11) is 0. The molecule has 1 aromatic carbocycles. The van der Waals surface area contributed by atoms with E-state index < -0.39 is 0 Å². The van der Waals surface area contributed by atoms with Crippen LogP contribution >= 0.6 is 0 Å². The van der Waals surface area contributed by atoms with Crippen LogP contribution in [-0.2, 0) is 0 Å². The number of nitrogens with zero attached hydrogens (tertiary/aromatic N) is 3. The average Bonchev–Trinajstić information content (AvgIpc) is 2.74. The first kappa shape index (κ1) is 8.91. The molecule has 3 rings (SSSR count). The van der Waals surface area contributed by atoms with E-state index >= 15 is 0 Å². The van der Waals surface area contributed by atoms with Crippen LogP contribution in [0.15, 0.2) is 48.8 Å². The molecule has 2 N–H and O–H groups in total. The second kappa shape index (κ2) is 3.34. The Morgan fingerprint density at radius 3 is 2.69 bits per heavy atom. The molecule has 0 spiro atoms. The van der Waals surface area contributed by atoms with Crippen LogP contribution in [0.4, 0.5) is 5.69 Å². The molecule has 0 unspecified atom stereocenters. The molecular weight excluding hydrogens is 200 g/mol. The van der Waals surface area contributed by atoms with Gasteiger partial charge >= 0.3 is 0 Å². The Balaban J connectivity index is 2.22. The lowest BCUT2D eigenvalue weighted by Crippen LogP contribution is -1.96. The zero-order valence-corrected chi connectivity index (χ0v) is 8.54. The fourth-order valence-electron chi connectivity index (χ4n) is 1.68. The minimum Gasteiger partial charge on any atom is -0.399 e. The number of pyridine rings is 1. The Morgan fingerprint density at radius 2 is 1.88 bits per heavy atom. The van der Waals surface area contributed by atoms with Gasteiger partial charge in [-0.1, -0.05) is 0 Å². The largest absolute Gasteiger partial charge is 0.399 e. The normalized spacial score (nSPS) is 10.8. The van der Waals surface area contributed by atoms with Crippen LogP contribution < -0.4 is 5.73 Å². The third-order valence-corrected chi connectivity index (χ3v) is 2.48. The third-order valence-electron chi connectivity index (χ3n) is 2.48. The van der Waals surface area contributed by atoms with Crippen molar-refractivity contribution in [3.05, 3.63) is 48.8 Å². The molecule has 4 heteroatoms. The zero-order chi connectivity index (χ0) is 11.0. The standard InChI is InChI=1S/C12H10N4/c13-9-3-5-10(6-4-9)16-12-2-1-7-14-11(12)8-15-16/h1-8H,13H2. The van der Waals surface area contributed by atoms with Gasteiger partial charge in [-0.15, -0.1) is 0 Å². The van der Waals surface area contributed by atoms with Crippen molar-refractivity contribution in [3.63, 3.8) is 0 Å². The molecule has 3 aromatic rings. The van der Waals surface area contributed by atoms with Gasteiger partial charge in [-0.25, -0.2) is 4.68 Å². The van der Waals surface area contributed by atoms with E-state index in [-0.39, 0.29) is 0 Å². The van der Waals surface area contributed by atoms with E-state index in [9.17, 15) is 0 Å². The summed E-state index contributed by atoms with van der Waals surface area (Å²) in [5.41, 5.74) is 9.26. The van der Waals surface area contributed by atoms with Crippen LogP contribution in [-0.4, -0.2) is 14.8 Å². The van der Waals surface area contributed by atoms with Crippen molar-refractivity contribution < 1.29 is 0 Å². The highest BCUT2D eigenvalue weighted by Crippen LogP contribution is 2.16. The maximum atomic E-state index is 5.65. The first-order chi connectivity index (χ1) is 7.84. The van der Waals surface area contributed by atoms with E-state index in [1.807, 2.05) is 41.1 Å². The van der Waals surface area contributed by atoms with Gasteiger partial charge in [-0.3, -0.25) is 4.98 Å². The van der Waals surface area contributed by atoms with Crippen molar-refractivity contribution in [2.45, 2.75) is 0 Å². The number of hydrogen-bond acceptors (Lipinski definition) is 3. The lowest BCUT2D eigenvalue weighted by molar-refractivity contribution is 0.911. The van der Waals surface area contributed by atoms with E-state index in [0.29, 0.717) is 0 Å². The minimum atomic E-state index is 0.748. The molecule has 0 aliphatic carbocycles. The van der Waals surface area contributed by atoms with Crippen LogP contribution in [0.5, 0.6) is 0 Å². The Bertz CT molecular complexity index is 625. The highest BCUT2D eigenvalue weighted by Gasteiger charge is 2.03. The van der Waals surface area contributed by atoms with Crippen molar-refractivity contribution in [2.75, 3.05) is 5.73 Å². The SMILES string of the molecule is Nc1ccc(-n2ncc3ncccc32)cc1. The maximum absolute atomic E-state index is 5.65. The van der Waals surface area contributed by atoms with Crippen molar-refractivity contribution in [2.24, 2.45) is 0 Å². The second-order valence-electron chi connectivity index (χ2n) is 3.56. The maximum Gasteiger partial charge on any atom is 0.109 e. The molecule has 2 aromatic heterocycles. The van der Waals surface area contributed by atoms with Gasteiger partial charge in [0.2, 0.25) is 0 Å². The van der Waals surface area contributed by atoms with Crippen molar-refractivity contribution in [1.29, 1.82) is 0 Å². The van der Waals surface area contributed by atoms with Crippen molar-refractivity contribution >= 4 is 16.7 Å². The van der Waals surface area contributed by atoms with Crippen LogP contribution in [0.2, 0.25) is 0 Å². The number of anilines is 1. The summed E-state index contributed by atoms with van der Waals surface area (Å²) in [6.45, 7) is 0. The molecule has 0 bridgehead atoms. The summed E-state index contributed by atoms with van der Waals surface area (Å²) in [6.07, 6.45) is 3.52. The number of nitrogen functional groups attached to an aromatic ring is 1. The zero-order valence-electron chi connectivity index (χ0n) is 8.54. The van der Waals surface area contributed by atoms with Crippen LogP contribution in [0.3, 0.4) is 0 Å². The Kier molecular flexibility index (Phi) is 1.86. The number of rotatable bonds is 1. The number of nitrogens with two attached hydrogens (primary N) is 1.